The lowest BCUT2D eigenvalue weighted by Gasteiger charge is -2.13. The van der Waals surface area contributed by atoms with Crippen molar-refractivity contribution < 1.29 is 0 Å². The van der Waals surface area contributed by atoms with Crippen LogP contribution in [-0.2, 0) is 6.54 Å². The van der Waals surface area contributed by atoms with Gasteiger partial charge in [0.1, 0.15) is 0 Å². The third-order valence-electron chi connectivity index (χ3n) is 3.13. The quantitative estimate of drug-likeness (QED) is 0.879. The summed E-state index contributed by atoms with van der Waals surface area (Å²) in [7, 11) is 0. The Morgan fingerprint density at radius 3 is 2.63 bits per heavy atom. The fourth-order valence-electron chi connectivity index (χ4n) is 2.03. The summed E-state index contributed by atoms with van der Waals surface area (Å²) in [6, 6.07) is 5.98. The van der Waals surface area contributed by atoms with E-state index in [1.165, 1.54) is 5.56 Å². The van der Waals surface area contributed by atoms with Gasteiger partial charge in [0.15, 0.2) is 0 Å². The summed E-state index contributed by atoms with van der Waals surface area (Å²) in [5.74, 6) is 0.361. The number of aromatic nitrogens is 1. The minimum atomic E-state index is 0.361. The molecule has 0 spiro atoms. The molecular weight excluding hydrogens is 279 g/mol. The number of pyridine rings is 1. The Morgan fingerprint density at radius 1 is 1.26 bits per heavy atom. The lowest BCUT2D eigenvalue weighted by Crippen LogP contribution is -2.13. The second-order valence-electron chi connectivity index (χ2n) is 4.90. The van der Waals surface area contributed by atoms with Gasteiger partial charge in [0, 0.05) is 17.6 Å². The van der Waals surface area contributed by atoms with Crippen LogP contribution in [-0.4, -0.2) is 11.5 Å². The van der Waals surface area contributed by atoms with Gasteiger partial charge >= 0.3 is 0 Å². The van der Waals surface area contributed by atoms with Crippen LogP contribution in [0.1, 0.15) is 37.9 Å². The molecule has 0 aliphatic carbocycles. The van der Waals surface area contributed by atoms with E-state index in [-0.39, 0.29) is 0 Å². The van der Waals surface area contributed by atoms with Gasteiger partial charge in [0.2, 0.25) is 0 Å². The summed E-state index contributed by atoms with van der Waals surface area (Å²) < 4.78 is 0. The highest BCUT2D eigenvalue weighted by Crippen LogP contribution is 2.32. The molecule has 0 saturated carbocycles. The maximum Gasteiger partial charge on any atom is 0.0910 e. The zero-order valence-corrected chi connectivity index (χ0v) is 12.9. The Kier molecular flexibility index (Phi) is 4.67. The summed E-state index contributed by atoms with van der Waals surface area (Å²) in [5, 5.41) is 5.52. The lowest BCUT2D eigenvalue weighted by atomic mass is 10.0. The van der Waals surface area contributed by atoms with Gasteiger partial charge in [-0.3, -0.25) is 4.98 Å². The second-order valence-corrected chi connectivity index (χ2v) is 5.68. The Labute approximate surface area is 124 Å². The predicted molar refractivity (Wildman–Crippen MR) is 83.2 cm³/mol. The van der Waals surface area contributed by atoms with Crippen molar-refractivity contribution in [1.82, 2.24) is 10.3 Å². The zero-order chi connectivity index (χ0) is 14.0. The summed E-state index contributed by atoms with van der Waals surface area (Å²) in [4.78, 5) is 4.66. The molecule has 102 valence electrons. The summed E-state index contributed by atoms with van der Waals surface area (Å²) >= 11 is 12.4. The van der Waals surface area contributed by atoms with Crippen LogP contribution < -0.4 is 5.32 Å². The molecule has 1 aromatic heterocycles. The van der Waals surface area contributed by atoms with Crippen LogP contribution in [0.15, 0.2) is 18.2 Å². The summed E-state index contributed by atoms with van der Waals surface area (Å²) in [6.07, 6.45) is 0. The standard InChI is InChI=1S/C15H18Cl2N2/c1-4-18-8-10-7-13(9(2)3)19-15-11(10)5-6-12(16)14(15)17/h5-7,9,18H,4,8H2,1-3H3. The van der Waals surface area contributed by atoms with E-state index in [4.69, 9.17) is 23.2 Å². The van der Waals surface area contributed by atoms with Crippen LogP contribution in [0.3, 0.4) is 0 Å². The number of hydrogen-bond donors (Lipinski definition) is 1. The Balaban J connectivity index is 2.67. The topological polar surface area (TPSA) is 24.9 Å². The fraction of sp³-hybridized carbons (Fsp3) is 0.400. The van der Waals surface area contributed by atoms with Crippen LogP contribution in [0.2, 0.25) is 10.0 Å². The van der Waals surface area contributed by atoms with Crippen molar-refractivity contribution in [3.05, 3.63) is 39.5 Å². The maximum absolute atomic E-state index is 6.29. The number of hydrogen-bond acceptors (Lipinski definition) is 2. The zero-order valence-electron chi connectivity index (χ0n) is 11.4. The van der Waals surface area contributed by atoms with E-state index >= 15 is 0 Å². The van der Waals surface area contributed by atoms with Crippen LogP contribution in [0.25, 0.3) is 10.9 Å². The van der Waals surface area contributed by atoms with Gasteiger partial charge in [-0.1, -0.05) is 50.0 Å². The van der Waals surface area contributed by atoms with Gasteiger partial charge in [-0.05, 0) is 30.2 Å². The molecule has 0 aliphatic heterocycles. The maximum atomic E-state index is 6.29. The first kappa shape index (κ1) is 14.6. The van der Waals surface area contributed by atoms with Gasteiger partial charge < -0.3 is 5.32 Å². The third kappa shape index (κ3) is 3.02. The molecule has 4 heteroatoms. The van der Waals surface area contributed by atoms with Crippen molar-refractivity contribution in [3.63, 3.8) is 0 Å². The number of rotatable bonds is 4. The normalized spacial score (nSPS) is 11.5. The van der Waals surface area contributed by atoms with E-state index in [0.717, 1.165) is 29.7 Å². The number of nitrogens with one attached hydrogen (secondary N) is 1. The van der Waals surface area contributed by atoms with E-state index in [9.17, 15) is 0 Å². The molecule has 2 nitrogen and oxygen atoms in total. The molecule has 0 unspecified atom stereocenters. The van der Waals surface area contributed by atoms with E-state index in [0.29, 0.717) is 16.0 Å². The number of benzene rings is 1. The highest BCUT2D eigenvalue weighted by Gasteiger charge is 2.12. The molecule has 2 rings (SSSR count). The van der Waals surface area contributed by atoms with Crippen LogP contribution in [0.4, 0.5) is 0 Å². The van der Waals surface area contributed by atoms with Crippen molar-refractivity contribution in [2.45, 2.75) is 33.2 Å². The molecule has 0 bridgehead atoms. The number of fused-ring (bicyclic) bond motifs is 1. The molecule has 0 radical (unpaired) electrons. The molecule has 2 aromatic rings. The first-order valence-electron chi connectivity index (χ1n) is 6.52. The second kappa shape index (κ2) is 6.08. The van der Waals surface area contributed by atoms with E-state index in [1.54, 1.807) is 0 Å². The van der Waals surface area contributed by atoms with Gasteiger partial charge in [0.25, 0.3) is 0 Å². The minimum Gasteiger partial charge on any atom is -0.313 e. The molecule has 0 aliphatic rings. The number of halogens is 2. The van der Waals surface area contributed by atoms with Crippen molar-refractivity contribution in [3.8, 4) is 0 Å². The van der Waals surface area contributed by atoms with Gasteiger partial charge in [-0.25, -0.2) is 0 Å². The van der Waals surface area contributed by atoms with Crippen molar-refractivity contribution in [1.29, 1.82) is 0 Å². The first-order valence-corrected chi connectivity index (χ1v) is 7.28. The molecule has 1 heterocycles. The molecule has 0 atom stereocenters. The molecular formula is C15H18Cl2N2. The van der Waals surface area contributed by atoms with Crippen molar-refractivity contribution in [2.75, 3.05) is 6.54 Å². The lowest BCUT2D eigenvalue weighted by molar-refractivity contribution is 0.726. The van der Waals surface area contributed by atoms with Crippen molar-refractivity contribution in [2.24, 2.45) is 0 Å². The molecule has 19 heavy (non-hydrogen) atoms. The Morgan fingerprint density at radius 2 is 2.00 bits per heavy atom. The van der Waals surface area contributed by atoms with Gasteiger partial charge in [0.05, 0.1) is 15.6 Å². The molecule has 0 fully saturated rings. The van der Waals surface area contributed by atoms with Crippen LogP contribution in [0, 0.1) is 0 Å². The van der Waals surface area contributed by atoms with Gasteiger partial charge in [-0.15, -0.1) is 0 Å². The summed E-state index contributed by atoms with van der Waals surface area (Å²) in [6.45, 7) is 8.10. The molecule has 0 amide bonds. The highest BCUT2D eigenvalue weighted by molar-refractivity contribution is 6.45. The molecule has 1 N–H and O–H groups in total. The van der Waals surface area contributed by atoms with Crippen molar-refractivity contribution >= 4 is 34.1 Å². The Hall–Kier alpha value is -0.830. The van der Waals surface area contributed by atoms with E-state index in [1.807, 2.05) is 12.1 Å². The molecule has 1 aromatic carbocycles. The summed E-state index contributed by atoms with van der Waals surface area (Å²) in [5.41, 5.74) is 3.06. The average molecular weight is 297 g/mol. The largest absolute Gasteiger partial charge is 0.313 e. The first-order chi connectivity index (χ1) is 9.04. The van der Waals surface area contributed by atoms with Gasteiger partial charge in [-0.2, -0.15) is 0 Å². The SMILES string of the molecule is CCNCc1cc(C(C)C)nc2c(Cl)c(Cl)ccc12. The van der Waals surface area contributed by atoms with E-state index < -0.39 is 0 Å². The average Bonchev–Trinajstić information content (AvgIpc) is 2.40. The monoisotopic (exact) mass is 296 g/mol. The third-order valence-corrected chi connectivity index (χ3v) is 3.93. The fourth-order valence-corrected chi connectivity index (χ4v) is 2.39. The minimum absolute atomic E-state index is 0.361. The highest BCUT2D eigenvalue weighted by atomic mass is 35.5. The Bertz CT molecular complexity index is 594. The molecule has 0 saturated heterocycles. The van der Waals surface area contributed by atoms with Crippen LogP contribution >= 0.6 is 23.2 Å². The predicted octanol–water partition coefficient (Wildman–Crippen LogP) is 4.77. The smallest absolute Gasteiger partial charge is 0.0910 e. The number of nitrogens with zero attached hydrogens (tertiary/aromatic N) is 1. The van der Waals surface area contributed by atoms with E-state index in [2.05, 4.69) is 37.1 Å². The van der Waals surface area contributed by atoms with Crippen LogP contribution in [0.5, 0.6) is 0 Å².